The normalized spacial score (nSPS) is 12.4. The monoisotopic (exact) mass is 410 g/mol. The molecule has 21 heteroatoms. The van der Waals surface area contributed by atoms with E-state index in [2.05, 4.69) is 0 Å². The Morgan fingerprint density at radius 1 is 0.556 bits per heavy atom. The molecule has 0 fully saturated rings. The Labute approximate surface area is 141 Å². The molecule has 0 aromatic carbocycles. The van der Waals surface area contributed by atoms with Gasteiger partial charge in [0.1, 0.15) is 42.4 Å². The second-order valence-corrected chi connectivity index (χ2v) is 4.72. The summed E-state index contributed by atoms with van der Waals surface area (Å²) in [7, 11) is 0. The van der Waals surface area contributed by atoms with Crippen LogP contribution in [-0.4, -0.2) is 47.3 Å². The smallest absolute Gasteiger partial charge is 0.256 e. The van der Waals surface area contributed by atoms with Crippen molar-refractivity contribution in [1.82, 2.24) is 0 Å². The lowest BCUT2D eigenvalue weighted by Gasteiger charge is -2.20. The highest BCUT2D eigenvalue weighted by Gasteiger charge is 2.77. The van der Waals surface area contributed by atoms with Crippen LogP contribution in [0.2, 0.25) is 0 Å². The van der Waals surface area contributed by atoms with E-state index in [-0.39, 0.29) is 0 Å². The summed E-state index contributed by atoms with van der Waals surface area (Å²) in [5, 5.41) is 63.1. The van der Waals surface area contributed by atoms with Crippen molar-refractivity contribution in [3.8, 4) is 0 Å². The topological polar surface area (TPSA) is 259 Å². The van der Waals surface area contributed by atoms with E-state index in [1.165, 1.54) is 0 Å². The summed E-state index contributed by atoms with van der Waals surface area (Å²) in [6, 6.07) is 0. The Morgan fingerprint density at radius 2 is 0.778 bits per heavy atom. The molecule has 0 unspecified atom stereocenters. The van der Waals surface area contributed by atoms with E-state index in [1.54, 1.807) is 0 Å². The van der Waals surface area contributed by atoms with E-state index in [0.29, 0.717) is 0 Å². The first-order valence-electron chi connectivity index (χ1n) is 5.91. The summed E-state index contributed by atoms with van der Waals surface area (Å²) >= 11 is 0. The van der Waals surface area contributed by atoms with Gasteiger partial charge in [-0.05, 0) is 0 Å². The maximum Gasteiger partial charge on any atom is 0.618 e. The molecular formula is C6H5F3N6O12. The van der Waals surface area contributed by atoms with Crippen LogP contribution in [0.4, 0.5) is 13.2 Å². The number of alkyl halides is 3. The Bertz CT molecular complexity index is 632. The first-order chi connectivity index (χ1) is 12.0. The van der Waals surface area contributed by atoms with Gasteiger partial charge in [0.2, 0.25) is 0 Å². The van der Waals surface area contributed by atoms with Gasteiger partial charge in [0.25, 0.3) is 0 Å². The van der Waals surface area contributed by atoms with E-state index < -0.39 is 66.0 Å². The number of nitro groups is 6. The van der Waals surface area contributed by atoms with Crippen LogP contribution in [0.3, 0.4) is 0 Å². The van der Waals surface area contributed by atoms with E-state index >= 15 is 0 Å². The molecule has 18 nitrogen and oxygen atoms in total. The summed E-state index contributed by atoms with van der Waals surface area (Å²) in [6.07, 6.45) is -5.64. The van der Waals surface area contributed by atoms with Gasteiger partial charge in [-0.2, -0.15) is 0 Å². The molecule has 152 valence electrons. The Hall–Kier alpha value is -3.81. The lowest BCUT2D eigenvalue weighted by Crippen LogP contribution is -2.57. The lowest BCUT2D eigenvalue weighted by atomic mass is 9.92. The summed E-state index contributed by atoms with van der Waals surface area (Å²) in [5.41, 5.74) is 0. The highest BCUT2D eigenvalue weighted by molar-refractivity contribution is 4.76. The SMILES string of the molecule is O=[N+]([O-])C(F)(CC(CC(F)([N+](=O)[O-])[N+](=O)[O-])C(F)([N+](=O)[O-])[N+](=O)[O-])[N+](=O)[O-]. The molecule has 0 rings (SSSR count). The fourth-order valence-corrected chi connectivity index (χ4v) is 1.76. The molecule has 0 saturated heterocycles. The Kier molecular flexibility index (Phi) is 6.19. The Balaban J connectivity index is 6.60. The molecule has 0 heterocycles. The molecule has 27 heavy (non-hydrogen) atoms. The molecule has 0 saturated carbocycles. The number of hydrogen-bond acceptors (Lipinski definition) is 12. The number of halogens is 3. The van der Waals surface area contributed by atoms with Gasteiger partial charge in [0.15, 0.2) is 5.92 Å². The van der Waals surface area contributed by atoms with Gasteiger partial charge in [0, 0.05) is 0 Å². The van der Waals surface area contributed by atoms with E-state index in [0.717, 1.165) is 0 Å². The van der Waals surface area contributed by atoms with Crippen molar-refractivity contribution in [1.29, 1.82) is 0 Å². The lowest BCUT2D eigenvalue weighted by molar-refractivity contribution is -0.869. The molecule has 0 aliphatic rings. The minimum atomic E-state index is -5.38. The van der Waals surface area contributed by atoms with Crippen molar-refractivity contribution in [2.24, 2.45) is 5.92 Å². The maximum absolute atomic E-state index is 14.2. The maximum atomic E-state index is 14.2. The van der Waals surface area contributed by atoms with Crippen molar-refractivity contribution >= 4 is 0 Å². The molecule has 0 aromatic rings. The van der Waals surface area contributed by atoms with Crippen molar-refractivity contribution in [2.45, 2.75) is 30.6 Å². The number of rotatable bonds is 11. The largest absolute Gasteiger partial charge is 0.618 e. The van der Waals surface area contributed by atoms with Crippen molar-refractivity contribution in [3.63, 3.8) is 0 Å². The standard InChI is InChI=1S/C6H5F3N6O12/c7-4(10(16)17,11(18)19)1-3(6(9,14(24)25)15(26)27)2-5(8,12(20)21)13(22)23/h3H,1-2H2. The predicted molar refractivity (Wildman–Crippen MR) is 66.2 cm³/mol. The summed E-state index contributed by atoms with van der Waals surface area (Å²) < 4.78 is 41.9. The van der Waals surface area contributed by atoms with Crippen molar-refractivity contribution < 1.29 is 42.7 Å². The van der Waals surface area contributed by atoms with Gasteiger partial charge in [-0.3, -0.25) is 60.7 Å². The average molecular weight is 410 g/mol. The molecule has 0 spiro atoms. The minimum absolute atomic E-state index is 2.45. The van der Waals surface area contributed by atoms with Gasteiger partial charge in [-0.25, -0.2) is 0 Å². The quantitative estimate of drug-likeness (QED) is 0.187. The molecule has 0 amide bonds. The molecule has 0 N–H and O–H groups in total. The third kappa shape index (κ3) is 3.90. The van der Waals surface area contributed by atoms with E-state index in [4.69, 9.17) is 0 Å². The zero-order valence-electron chi connectivity index (χ0n) is 12.2. The van der Waals surface area contributed by atoms with Gasteiger partial charge in [0.05, 0.1) is 0 Å². The molecule has 0 atom stereocenters. The van der Waals surface area contributed by atoms with Gasteiger partial charge in [-0.15, -0.1) is 0 Å². The fourth-order valence-electron chi connectivity index (χ4n) is 1.76. The van der Waals surface area contributed by atoms with Gasteiger partial charge < -0.3 is 0 Å². The average Bonchev–Trinajstić information content (AvgIpc) is 2.51. The number of nitrogens with zero attached hydrogens (tertiary/aromatic N) is 6. The summed E-state index contributed by atoms with van der Waals surface area (Å²) in [5.74, 6) is -19.5. The van der Waals surface area contributed by atoms with Crippen LogP contribution in [0.1, 0.15) is 12.8 Å². The van der Waals surface area contributed by atoms with Crippen LogP contribution in [-0.2, 0) is 0 Å². The number of hydrogen-bond donors (Lipinski definition) is 0. The zero-order valence-corrected chi connectivity index (χ0v) is 12.2. The summed E-state index contributed by atoms with van der Waals surface area (Å²) in [4.78, 5) is 48.2. The minimum Gasteiger partial charge on any atom is -0.256 e. The molecule has 0 aliphatic carbocycles. The third-order valence-electron chi connectivity index (χ3n) is 3.16. The highest BCUT2D eigenvalue weighted by Crippen LogP contribution is 2.40. The predicted octanol–water partition coefficient (Wildman–Crippen LogP) is -0.0871. The van der Waals surface area contributed by atoms with Crippen LogP contribution >= 0.6 is 0 Å². The molecule has 0 aromatic heterocycles. The summed E-state index contributed by atoms with van der Waals surface area (Å²) in [6.45, 7) is 0. The second-order valence-electron chi connectivity index (χ2n) is 4.72. The van der Waals surface area contributed by atoms with Crippen molar-refractivity contribution in [2.75, 3.05) is 0 Å². The first-order valence-corrected chi connectivity index (χ1v) is 5.91. The van der Waals surface area contributed by atoms with Crippen LogP contribution in [0, 0.1) is 66.6 Å². The van der Waals surface area contributed by atoms with E-state index in [1.807, 2.05) is 0 Å². The van der Waals surface area contributed by atoms with Crippen molar-refractivity contribution in [3.05, 3.63) is 60.7 Å². The van der Waals surface area contributed by atoms with Crippen LogP contribution in [0.5, 0.6) is 0 Å². The zero-order chi connectivity index (χ0) is 22.0. The second kappa shape index (κ2) is 7.20. The molecular weight excluding hydrogens is 405 g/mol. The van der Waals surface area contributed by atoms with Crippen LogP contribution < -0.4 is 0 Å². The molecule has 0 aliphatic heterocycles. The van der Waals surface area contributed by atoms with Gasteiger partial charge >= 0.3 is 17.7 Å². The van der Waals surface area contributed by atoms with E-state index in [9.17, 15) is 73.9 Å². The van der Waals surface area contributed by atoms with Crippen LogP contribution in [0.15, 0.2) is 0 Å². The first kappa shape index (κ1) is 23.2. The highest BCUT2D eigenvalue weighted by atomic mass is 19.2. The third-order valence-corrected chi connectivity index (χ3v) is 3.16. The van der Waals surface area contributed by atoms with Crippen LogP contribution in [0.25, 0.3) is 0 Å². The fraction of sp³-hybridized carbons (Fsp3) is 1.00. The Morgan fingerprint density at radius 3 is 0.926 bits per heavy atom. The molecule has 0 bridgehead atoms. The molecule has 0 radical (unpaired) electrons. The van der Waals surface area contributed by atoms with Gasteiger partial charge in [-0.1, -0.05) is 13.2 Å².